The lowest BCUT2D eigenvalue weighted by molar-refractivity contribution is 0.593. The van der Waals surface area contributed by atoms with Crippen LogP contribution in [0.1, 0.15) is 0 Å². The smallest absolute Gasteiger partial charge is 0.226 e. The third-order valence-electron chi connectivity index (χ3n) is 2.66. The van der Waals surface area contributed by atoms with Crippen LogP contribution in [0.2, 0.25) is 0 Å². The molecule has 0 unspecified atom stereocenters. The molecule has 1 radical (unpaired) electrons. The van der Waals surface area contributed by atoms with Gasteiger partial charge in [0.15, 0.2) is 5.03 Å². The van der Waals surface area contributed by atoms with Gasteiger partial charge in [-0.25, -0.2) is 8.42 Å². The number of H-pyrrole nitrogens is 1. The minimum absolute atomic E-state index is 0.0422. The van der Waals surface area contributed by atoms with Crippen LogP contribution in [-0.2, 0) is 9.84 Å². The third-order valence-corrected chi connectivity index (χ3v) is 4.38. The first-order valence-electron chi connectivity index (χ1n) is 5.34. The van der Waals surface area contributed by atoms with Crippen molar-refractivity contribution in [3.05, 3.63) is 54.6 Å². The Bertz CT molecular complexity index is 792. The summed E-state index contributed by atoms with van der Waals surface area (Å²) < 4.78 is 24.8. The van der Waals surface area contributed by atoms with Crippen molar-refractivity contribution in [3.63, 3.8) is 0 Å². The fourth-order valence-electron chi connectivity index (χ4n) is 1.79. The van der Waals surface area contributed by atoms with E-state index in [0.29, 0.717) is 10.9 Å². The number of aromatic amines is 1. The summed E-state index contributed by atoms with van der Waals surface area (Å²) >= 11 is 0. The number of rotatable bonds is 2. The first-order valence-corrected chi connectivity index (χ1v) is 6.83. The average molecular weight is 257 g/mol. The minimum Gasteiger partial charge on any atom is -0.276 e. The maximum Gasteiger partial charge on any atom is 0.226 e. The van der Waals surface area contributed by atoms with Crippen molar-refractivity contribution in [1.82, 2.24) is 10.2 Å². The van der Waals surface area contributed by atoms with E-state index in [1.165, 1.54) is 0 Å². The highest BCUT2D eigenvalue weighted by atomic mass is 32.2. The van der Waals surface area contributed by atoms with Crippen LogP contribution in [0.25, 0.3) is 10.9 Å². The molecule has 3 rings (SSSR count). The summed E-state index contributed by atoms with van der Waals surface area (Å²) in [6, 6.07) is 16.3. The second-order valence-corrected chi connectivity index (χ2v) is 5.67. The zero-order valence-corrected chi connectivity index (χ0v) is 10.1. The molecule has 18 heavy (non-hydrogen) atoms. The number of nitrogens with one attached hydrogen (secondary N) is 1. The minimum atomic E-state index is -3.58. The molecule has 0 atom stereocenters. The van der Waals surface area contributed by atoms with E-state index in [9.17, 15) is 8.42 Å². The Morgan fingerprint density at radius 3 is 2.61 bits per heavy atom. The number of nitrogens with zero attached hydrogens (tertiary/aromatic N) is 1. The molecule has 0 aliphatic carbocycles. The van der Waals surface area contributed by atoms with Gasteiger partial charge in [-0.3, -0.25) is 5.10 Å². The molecule has 0 aliphatic rings. The first kappa shape index (κ1) is 11.0. The van der Waals surface area contributed by atoms with Gasteiger partial charge in [-0.2, -0.15) is 5.10 Å². The Kier molecular flexibility index (Phi) is 2.41. The lowest BCUT2D eigenvalue weighted by Crippen LogP contribution is -2.02. The van der Waals surface area contributed by atoms with Crippen LogP contribution < -0.4 is 0 Å². The van der Waals surface area contributed by atoms with E-state index < -0.39 is 9.84 Å². The summed E-state index contributed by atoms with van der Waals surface area (Å²) in [7, 11) is -3.58. The van der Waals surface area contributed by atoms with Gasteiger partial charge in [0, 0.05) is 11.5 Å². The summed E-state index contributed by atoms with van der Waals surface area (Å²) in [4.78, 5) is 0.238. The topological polar surface area (TPSA) is 62.8 Å². The van der Waals surface area contributed by atoms with Gasteiger partial charge in [-0.05, 0) is 18.2 Å². The van der Waals surface area contributed by atoms with E-state index in [1.54, 1.807) is 48.5 Å². The van der Waals surface area contributed by atoms with Gasteiger partial charge in [-0.15, -0.1) is 0 Å². The van der Waals surface area contributed by atoms with Crippen LogP contribution in [0.15, 0.2) is 58.5 Å². The van der Waals surface area contributed by atoms with Gasteiger partial charge in [0.25, 0.3) is 0 Å². The van der Waals surface area contributed by atoms with Crippen molar-refractivity contribution in [3.8, 4) is 0 Å². The zero-order valence-electron chi connectivity index (χ0n) is 9.29. The molecule has 0 amide bonds. The van der Waals surface area contributed by atoms with Gasteiger partial charge in [0.05, 0.1) is 10.4 Å². The molecule has 2 aromatic carbocycles. The van der Waals surface area contributed by atoms with Gasteiger partial charge >= 0.3 is 0 Å². The molecule has 0 saturated carbocycles. The molecule has 0 bridgehead atoms. The highest BCUT2D eigenvalue weighted by molar-refractivity contribution is 7.91. The standard InChI is InChI=1S/C13H9N2O2S/c16-18(17,10-6-2-1-3-7-10)13-11-8-4-5-9-12(11)14-15-13/h1-8H,(H,14,15). The van der Waals surface area contributed by atoms with Crippen molar-refractivity contribution >= 4 is 20.7 Å². The number of para-hydroxylation sites is 1. The van der Waals surface area contributed by atoms with E-state index in [2.05, 4.69) is 16.3 Å². The van der Waals surface area contributed by atoms with Crippen LogP contribution in [0.4, 0.5) is 0 Å². The molecule has 3 aromatic rings. The maximum absolute atomic E-state index is 12.4. The van der Waals surface area contributed by atoms with E-state index in [4.69, 9.17) is 0 Å². The number of hydrogen-bond acceptors (Lipinski definition) is 3. The molecule has 89 valence electrons. The third kappa shape index (κ3) is 1.60. The van der Waals surface area contributed by atoms with Gasteiger partial charge in [-0.1, -0.05) is 30.3 Å². The average Bonchev–Trinajstić information content (AvgIpc) is 2.84. The Morgan fingerprint density at radius 2 is 1.83 bits per heavy atom. The van der Waals surface area contributed by atoms with Crippen molar-refractivity contribution in [2.24, 2.45) is 0 Å². The number of fused-ring (bicyclic) bond motifs is 1. The molecular formula is C13H9N2O2S. The van der Waals surface area contributed by atoms with Crippen LogP contribution >= 0.6 is 0 Å². The van der Waals surface area contributed by atoms with Crippen molar-refractivity contribution < 1.29 is 8.42 Å². The van der Waals surface area contributed by atoms with Crippen molar-refractivity contribution in [1.29, 1.82) is 0 Å². The molecular weight excluding hydrogens is 248 g/mol. The van der Waals surface area contributed by atoms with Crippen LogP contribution in [0.5, 0.6) is 0 Å². The summed E-state index contributed by atoms with van der Waals surface area (Å²) in [6.45, 7) is 0. The SMILES string of the molecule is O=S(=O)(c1ccccc1)c1n[nH]c2[c]cccc12. The zero-order chi connectivity index (χ0) is 12.6. The number of sulfone groups is 1. The van der Waals surface area contributed by atoms with E-state index in [0.717, 1.165) is 0 Å². The molecule has 1 N–H and O–H groups in total. The number of benzene rings is 2. The molecule has 1 heterocycles. The second-order valence-electron chi connectivity index (χ2n) is 3.80. The van der Waals surface area contributed by atoms with Crippen LogP contribution in [-0.4, -0.2) is 18.6 Å². The quantitative estimate of drug-likeness (QED) is 0.765. The largest absolute Gasteiger partial charge is 0.276 e. The Hall–Kier alpha value is -2.14. The normalized spacial score (nSPS) is 11.8. The summed E-state index contributed by atoms with van der Waals surface area (Å²) in [5.41, 5.74) is 0.590. The lowest BCUT2D eigenvalue weighted by atomic mass is 10.3. The predicted octanol–water partition coefficient (Wildman–Crippen LogP) is 2.20. The highest BCUT2D eigenvalue weighted by Gasteiger charge is 2.22. The predicted molar refractivity (Wildman–Crippen MR) is 66.8 cm³/mol. The van der Waals surface area contributed by atoms with Gasteiger partial charge < -0.3 is 0 Å². The number of hydrogen-bond donors (Lipinski definition) is 1. The second kappa shape index (κ2) is 3.96. The van der Waals surface area contributed by atoms with Crippen LogP contribution in [0, 0.1) is 6.07 Å². The molecule has 1 aromatic heterocycles. The summed E-state index contributed by atoms with van der Waals surface area (Å²) in [5, 5.41) is 7.18. The fraction of sp³-hybridized carbons (Fsp3) is 0. The Labute approximate surface area is 104 Å². The van der Waals surface area contributed by atoms with Crippen molar-refractivity contribution in [2.75, 3.05) is 0 Å². The van der Waals surface area contributed by atoms with E-state index >= 15 is 0 Å². The molecule has 0 aliphatic heterocycles. The summed E-state index contributed by atoms with van der Waals surface area (Å²) in [6.07, 6.45) is 0. The maximum atomic E-state index is 12.4. The van der Waals surface area contributed by atoms with E-state index in [-0.39, 0.29) is 9.92 Å². The summed E-state index contributed by atoms with van der Waals surface area (Å²) in [5.74, 6) is 0. The van der Waals surface area contributed by atoms with Crippen molar-refractivity contribution in [2.45, 2.75) is 9.92 Å². The fourth-order valence-corrected chi connectivity index (χ4v) is 3.15. The molecule has 0 spiro atoms. The Morgan fingerprint density at radius 1 is 1.06 bits per heavy atom. The first-order chi connectivity index (χ1) is 8.69. The Balaban J connectivity index is 2.27. The lowest BCUT2D eigenvalue weighted by Gasteiger charge is -2.00. The molecule has 4 nitrogen and oxygen atoms in total. The van der Waals surface area contributed by atoms with E-state index in [1.807, 2.05) is 0 Å². The van der Waals surface area contributed by atoms with Gasteiger partial charge in [0.2, 0.25) is 9.84 Å². The van der Waals surface area contributed by atoms with Gasteiger partial charge in [0.1, 0.15) is 0 Å². The molecule has 0 saturated heterocycles. The highest BCUT2D eigenvalue weighted by Crippen LogP contribution is 2.25. The molecule has 0 fully saturated rings. The number of aromatic nitrogens is 2. The molecule has 5 heteroatoms. The monoisotopic (exact) mass is 257 g/mol. The van der Waals surface area contributed by atoms with Crippen LogP contribution in [0.3, 0.4) is 0 Å².